The van der Waals surface area contributed by atoms with E-state index in [0.717, 1.165) is 17.9 Å². The second-order valence-corrected chi connectivity index (χ2v) is 4.11. The Morgan fingerprint density at radius 1 is 1.00 bits per heavy atom. The number of terminal acetylenes is 1. The Kier molecular flexibility index (Phi) is 67.8. The van der Waals surface area contributed by atoms with Crippen molar-refractivity contribution < 1.29 is 0 Å². The van der Waals surface area contributed by atoms with Gasteiger partial charge in [-0.3, -0.25) is 0 Å². The quantitative estimate of drug-likeness (QED) is 0.460. The lowest BCUT2D eigenvalue weighted by molar-refractivity contribution is 0.509. The van der Waals surface area contributed by atoms with E-state index in [-0.39, 0.29) is 0 Å². The van der Waals surface area contributed by atoms with Crippen molar-refractivity contribution in [3.05, 3.63) is 12.2 Å². The molecule has 0 nitrogen and oxygen atoms in total. The first kappa shape index (κ1) is 31.6. The van der Waals surface area contributed by atoms with Crippen molar-refractivity contribution in [2.24, 2.45) is 5.92 Å². The summed E-state index contributed by atoms with van der Waals surface area (Å²) in [7, 11) is 0. The molecule has 0 radical (unpaired) electrons. The molecule has 0 N–H and O–H groups in total. The maximum atomic E-state index is 4.93. The number of hydrogen-bond acceptors (Lipinski definition) is 0. The van der Waals surface area contributed by atoms with Gasteiger partial charge in [0.1, 0.15) is 0 Å². The van der Waals surface area contributed by atoms with Gasteiger partial charge in [-0.1, -0.05) is 107 Å². The Morgan fingerprint density at radius 3 is 1.40 bits per heavy atom. The summed E-state index contributed by atoms with van der Waals surface area (Å²) in [6.07, 6.45) is 11.2. The Morgan fingerprint density at radius 2 is 1.35 bits per heavy atom. The van der Waals surface area contributed by atoms with Crippen LogP contribution in [0.1, 0.15) is 101 Å². The molecule has 0 aliphatic rings. The number of rotatable bonds is 4. The summed E-state index contributed by atoms with van der Waals surface area (Å²) in [6.45, 7) is 24.6. The molecular formula is C20H44. The average molecular weight is 285 g/mol. The summed E-state index contributed by atoms with van der Waals surface area (Å²) in [5.74, 6) is 3.37. The highest BCUT2D eigenvalue weighted by molar-refractivity contribution is 5.20. The zero-order valence-electron chi connectivity index (χ0n) is 16.4. The third kappa shape index (κ3) is 66.7. The van der Waals surface area contributed by atoms with Crippen molar-refractivity contribution in [2.45, 2.75) is 101 Å². The second kappa shape index (κ2) is 42.9. The van der Waals surface area contributed by atoms with Crippen molar-refractivity contribution in [1.82, 2.24) is 0 Å². The first-order valence-electron chi connectivity index (χ1n) is 8.68. The first-order valence-corrected chi connectivity index (χ1v) is 8.68. The summed E-state index contributed by atoms with van der Waals surface area (Å²) in [5, 5.41) is 0. The topological polar surface area (TPSA) is 0 Å². The highest BCUT2D eigenvalue weighted by Gasteiger charge is 1.92. The van der Waals surface area contributed by atoms with Crippen molar-refractivity contribution in [3.8, 4) is 12.3 Å². The highest BCUT2D eigenvalue weighted by Crippen LogP contribution is 2.07. The molecule has 0 saturated heterocycles. The Hall–Kier alpha value is -0.700. The van der Waals surface area contributed by atoms with E-state index in [0.29, 0.717) is 0 Å². The monoisotopic (exact) mass is 284 g/mol. The van der Waals surface area contributed by atoms with E-state index in [2.05, 4.69) is 47.1 Å². The maximum absolute atomic E-state index is 4.93. The second-order valence-electron chi connectivity index (χ2n) is 4.11. The van der Waals surface area contributed by atoms with Crippen molar-refractivity contribution in [2.75, 3.05) is 0 Å². The van der Waals surface area contributed by atoms with Gasteiger partial charge in [0.15, 0.2) is 0 Å². The first-order chi connectivity index (χ1) is 9.53. The van der Waals surface area contributed by atoms with E-state index in [4.69, 9.17) is 6.42 Å². The smallest absolute Gasteiger partial charge is 0.00570 e. The lowest BCUT2D eigenvalue weighted by atomic mass is 10.0. The fraction of sp³-hybridized carbons (Fsp3) is 0.800. The van der Waals surface area contributed by atoms with Crippen LogP contribution in [0.15, 0.2) is 12.2 Å². The third-order valence-corrected chi connectivity index (χ3v) is 2.11. The Balaban J connectivity index is -0.0000000524. The summed E-state index contributed by atoms with van der Waals surface area (Å²) in [6, 6.07) is 0. The van der Waals surface area contributed by atoms with E-state index >= 15 is 0 Å². The lowest BCUT2D eigenvalue weighted by Crippen LogP contribution is -1.88. The molecule has 0 aliphatic heterocycles. The number of allylic oxidation sites excluding steroid dienone is 1. The lowest BCUT2D eigenvalue weighted by Gasteiger charge is -2.02. The summed E-state index contributed by atoms with van der Waals surface area (Å²) in [4.78, 5) is 0. The molecule has 0 heteroatoms. The van der Waals surface area contributed by atoms with Crippen LogP contribution >= 0.6 is 0 Å². The molecule has 0 aromatic carbocycles. The molecule has 0 aromatic heterocycles. The summed E-state index contributed by atoms with van der Waals surface area (Å²) >= 11 is 0. The van der Waals surface area contributed by atoms with Crippen molar-refractivity contribution in [1.29, 1.82) is 0 Å². The van der Waals surface area contributed by atoms with Gasteiger partial charge < -0.3 is 0 Å². The molecule has 0 spiro atoms. The molecule has 1 atom stereocenters. The molecule has 0 aliphatic carbocycles. The van der Waals surface area contributed by atoms with Gasteiger partial charge in [0.2, 0.25) is 0 Å². The molecule has 0 bridgehead atoms. The van der Waals surface area contributed by atoms with Crippen LogP contribution in [0, 0.1) is 18.3 Å². The minimum absolute atomic E-state index is 0.870. The zero-order valence-corrected chi connectivity index (χ0v) is 16.4. The van der Waals surface area contributed by atoms with Crippen LogP contribution in [0.2, 0.25) is 0 Å². The van der Waals surface area contributed by atoms with Crippen LogP contribution in [0.5, 0.6) is 0 Å². The van der Waals surface area contributed by atoms with Gasteiger partial charge in [0.05, 0.1) is 0 Å². The molecule has 124 valence electrons. The minimum Gasteiger partial charge on any atom is -0.115 e. The van der Waals surface area contributed by atoms with Gasteiger partial charge in [-0.25, -0.2) is 0 Å². The van der Waals surface area contributed by atoms with Crippen LogP contribution in [0.3, 0.4) is 0 Å². The van der Waals surface area contributed by atoms with E-state index in [1.54, 1.807) is 0 Å². The van der Waals surface area contributed by atoms with Gasteiger partial charge in [-0.05, 0) is 17.9 Å². The molecule has 20 heavy (non-hydrogen) atoms. The molecule has 0 heterocycles. The Labute approximate surface area is 132 Å². The summed E-state index contributed by atoms with van der Waals surface area (Å²) in [5.41, 5.74) is 0.870. The van der Waals surface area contributed by atoms with Crippen LogP contribution < -0.4 is 0 Å². The highest BCUT2D eigenvalue weighted by atomic mass is 14.0. The van der Waals surface area contributed by atoms with Crippen LogP contribution in [0.25, 0.3) is 0 Å². The van der Waals surface area contributed by atoms with Gasteiger partial charge in [-0.2, -0.15) is 0 Å². The zero-order chi connectivity index (χ0) is 17.4. The van der Waals surface area contributed by atoms with Crippen molar-refractivity contribution >= 4 is 0 Å². The average Bonchev–Trinajstić information content (AvgIpc) is 2.52. The van der Waals surface area contributed by atoms with Crippen LogP contribution in [0.4, 0.5) is 0 Å². The van der Waals surface area contributed by atoms with Gasteiger partial charge in [0.25, 0.3) is 0 Å². The van der Waals surface area contributed by atoms with Gasteiger partial charge >= 0.3 is 0 Å². The molecule has 0 rings (SSSR count). The third-order valence-electron chi connectivity index (χ3n) is 2.11. The van der Waals surface area contributed by atoms with Crippen molar-refractivity contribution in [3.63, 3.8) is 0 Å². The molecule has 0 saturated carbocycles. The fourth-order valence-electron chi connectivity index (χ4n) is 0.799. The minimum atomic E-state index is 0.870. The van der Waals surface area contributed by atoms with E-state index in [1.165, 1.54) is 25.7 Å². The summed E-state index contributed by atoms with van der Waals surface area (Å²) < 4.78 is 0. The van der Waals surface area contributed by atoms with Gasteiger partial charge in [0, 0.05) is 0 Å². The van der Waals surface area contributed by atoms with Crippen LogP contribution in [-0.2, 0) is 0 Å². The van der Waals surface area contributed by atoms with Crippen LogP contribution in [-0.4, -0.2) is 0 Å². The molecular weight excluding hydrogens is 240 g/mol. The van der Waals surface area contributed by atoms with E-state index in [1.807, 2.05) is 34.6 Å². The molecule has 0 amide bonds. The number of hydrogen-bond donors (Lipinski definition) is 0. The molecule has 1 unspecified atom stereocenters. The molecule has 0 aromatic rings. The fourth-order valence-corrected chi connectivity index (χ4v) is 0.799. The normalized spacial score (nSPS) is 8.45. The van der Waals surface area contributed by atoms with Gasteiger partial charge in [-0.15, -0.1) is 6.42 Å². The predicted molar refractivity (Wildman–Crippen MR) is 101 cm³/mol. The van der Waals surface area contributed by atoms with E-state index in [9.17, 15) is 0 Å². The SMILES string of the molecule is C#CC(=C)CC.CC.CC.CCC.CCCC(C)CC. The Bertz CT molecular complexity index is 159. The van der Waals surface area contributed by atoms with E-state index < -0.39 is 0 Å². The maximum Gasteiger partial charge on any atom is -0.00570 e. The standard InChI is InChI=1S/C7H16.C6H8.C3H8.2C2H6/c1-4-6-7(3)5-2;1-4-6(3)5-2;1-3-2;2*1-2/h7H,4-6H2,1-3H3;1H,3,5H2,2H3;3H2,1-2H3;2*1-2H3. The predicted octanol–water partition coefficient (Wildman–Crippen LogP) is 7.89. The molecule has 0 fully saturated rings. The largest absolute Gasteiger partial charge is 0.115 e.